The standard InChI is InChI=1S/C45H25N3O3/c1-2-11-26(12-3-1)43-46-44(27-23-24-38-35(25-27)29-14-5-6-20-36(29)49-38)48-45(47-43)34-19-10-22-39-40(34)33-18-9-17-32(42(33)51-39)31-16-8-15-30-28-13-4-7-21-37(28)50-41(30)31/h1-25H. The van der Waals surface area contributed by atoms with E-state index in [1.165, 1.54) is 0 Å². The van der Waals surface area contributed by atoms with Gasteiger partial charge in [-0.05, 0) is 36.4 Å². The minimum atomic E-state index is 0.564. The lowest BCUT2D eigenvalue weighted by Gasteiger charge is -2.09. The smallest absolute Gasteiger partial charge is 0.164 e. The van der Waals surface area contributed by atoms with Gasteiger partial charge in [-0.3, -0.25) is 0 Å². The highest BCUT2D eigenvalue weighted by atomic mass is 16.3. The summed E-state index contributed by atoms with van der Waals surface area (Å²) >= 11 is 0. The van der Waals surface area contributed by atoms with E-state index in [4.69, 9.17) is 28.2 Å². The van der Waals surface area contributed by atoms with Gasteiger partial charge >= 0.3 is 0 Å². The quantitative estimate of drug-likeness (QED) is 0.188. The SMILES string of the molecule is c1ccc(-c2nc(-c3ccc4oc5ccccc5c4c3)nc(-c3cccc4oc5c(-c6cccc7c6oc6ccccc67)cccc5c34)n2)cc1. The van der Waals surface area contributed by atoms with Gasteiger partial charge in [0.15, 0.2) is 17.5 Å². The van der Waals surface area contributed by atoms with Crippen LogP contribution in [0.15, 0.2) is 165 Å². The molecule has 0 aliphatic carbocycles. The summed E-state index contributed by atoms with van der Waals surface area (Å²) in [6.07, 6.45) is 0. The Morgan fingerprint density at radius 2 is 0.843 bits per heavy atom. The monoisotopic (exact) mass is 655 g/mol. The van der Waals surface area contributed by atoms with Crippen molar-refractivity contribution in [1.82, 2.24) is 15.0 Å². The summed E-state index contributed by atoms with van der Waals surface area (Å²) in [5.74, 6) is 1.73. The van der Waals surface area contributed by atoms with E-state index >= 15 is 0 Å². The van der Waals surface area contributed by atoms with Crippen LogP contribution in [0.2, 0.25) is 0 Å². The van der Waals surface area contributed by atoms with Crippen molar-refractivity contribution in [2.45, 2.75) is 0 Å². The van der Waals surface area contributed by atoms with Crippen LogP contribution >= 0.6 is 0 Å². The minimum absolute atomic E-state index is 0.564. The van der Waals surface area contributed by atoms with E-state index in [0.717, 1.165) is 93.6 Å². The van der Waals surface area contributed by atoms with Crippen LogP contribution in [0.25, 0.3) is 111 Å². The fraction of sp³-hybridized carbons (Fsp3) is 0. The van der Waals surface area contributed by atoms with Crippen LogP contribution in [0.4, 0.5) is 0 Å². The number of nitrogens with zero attached hydrogens (tertiary/aromatic N) is 3. The lowest BCUT2D eigenvalue weighted by Crippen LogP contribution is -2.00. The zero-order chi connectivity index (χ0) is 33.5. The van der Waals surface area contributed by atoms with Crippen molar-refractivity contribution < 1.29 is 13.3 Å². The Hall–Kier alpha value is -7.05. The fourth-order valence-electron chi connectivity index (χ4n) is 7.41. The van der Waals surface area contributed by atoms with E-state index in [1.807, 2.05) is 91.0 Å². The molecule has 6 heteroatoms. The highest BCUT2D eigenvalue weighted by Crippen LogP contribution is 2.43. The molecule has 238 valence electrons. The molecule has 0 saturated heterocycles. The average Bonchev–Trinajstić information content (AvgIpc) is 3.89. The number of furan rings is 3. The van der Waals surface area contributed by atoms with Crippen molar-refractivity contribution in [3.63, 3.8) is 0 Å². The molecule has 7 aromatic carbocycles. The third-order valence-electron chi connectivity index (χ3n) is 9.76. The first-order valence-electron chi connectivity index (χ1n) is 16.9. The molecule has 0 N–H and O–H groups in total. The maximum atomic E-state index is 6.71. The van der Waals surface area contributed by atoms with Crippen molar-refractivity contribution >= 4 is 65.8 Å². The van der Waals surface area contributed by atoms with Gasteiger partial charge in [0, 0.05) is 60.1 Å². The molecular formula is C45H25N3O3. The summed E-state index contributed by atoms with van der Waals surface area (Å²) in [6, 6.07) is 51.0. The van der Waals surface area contributed by atoms with Crippen LogP contribution < -0.4 is 0 Å². The molecule has 0 radical (unpaired) electrons. The molecule has 11 rings (SSSR count). The maximum Gasteiger partial charge on any atom is 0.164 e. The Kier molecular flexibility index (Phi) is 5.86. The summed E-state index contributed by atoms with van der Waals surface area (Å²) in [5, 5.41) is 6.15. The van der Waals surface area contributed by atoms with Crippen LogP contribution in [-0.4, -0.2) is 15.0 Å². The van der Waals surface area contributed by atoms with Crippen LogP contribution in [0, 0.1) is 0 Å². The fourth-order valence-corrected chi connectivity index (χ4v) is 7.41. The Morgan fingerprint density at radius 1 is 0.314 bits per heavy atom. The Balaban J connectivity index is 1.14. The van der Waals surface area contributed by atoms with Gasteiger partial charge in [0.1, 0.15) is 33.5 Å². The van der Waals surface area contributed by atoms with E-state index in [0.29, 0.717) is 17.5 Å². The summed E-state index contributed by atoms with van der Waals surface area (Å²) < 4.78 is 19.3. The molecule has 0 aliphatic heterocycles. The highest BCUT2D eigenvalue weighted by molar-refractivity contribution is 6.17. The summed E-state index contributed by atoms with van der Waals surface area (Å²) in [4.78, 5) is 15.2. The molecular weight excluding hydrogens is 631 g/mol. The maximum absolute atomic E-state index is 6.71. The number of aromatic nitrogens is 3. The van der Waals surface area contributed by atoms with Gasteiger partial charge in [-0.15, -0.1) is 0 Å². The number of benzene rings is 7. The number of hydrogen-bond donors (Lipinski definition) is 0. The lowest BCUT2D eigenvalue weighted by atomic mass is 9.98. The Morgan fingerprint density at radius 3 is 1.65 bits per heavy atom. The molecule has 0 bridgehead atoms. The van der Waals surface area contributed by atoms with Crippen molar-refractivity contribution in [2.24, 2.45) is 0 Å². The van der Waals surface area contributed by atoms with Gasteiger partial charge in [0.2, 0.25) is 0 Å². The number of rotatable bonds is 4. The normalized spacial score (nSPS) is 11.9. The summed E-state index contributed by atoms with van der Waals surface area (Å²) in [6.45, 7) is 0. The zero-order valence-electron chi connectivity index (χ0n) is 27.0. The molecule has 6 nitrogen and oxygen atoms in total. The molecule has 0 spiro atoms. The van der Waals surface area contributed by atoms with Crippen LogP contribution in [0.1, 0.15) is 0 Å². The van der Waals surface area contributed by atoms with Crippen LogP contribution in [0.5, 0.6) is 0 Å². The lowest BCUT2D eigenvalue weighted by molar-refractivity contribution is 0.665. The topological polar surface area (TPSA) is 78.1 Å². The molecule has 0 saturated carbocycles. The second-order valence-corrected chi connectivity index (χ2v) is 12.7. The number of para-hydroxylation sites is 4. The molecule has 0 amide bonds. The molecule has 0 unspecified atom stereocenters. The molecule has 4 heterocycles. The van der Waals surface area contributed by atoms with Crippen LogP contribution in [-0.2, 0) is 0 Å². The van der Waals surface area contributed by atoms with Crippen molar-refractivity contribution in [1.29, 1.82) is 0 Å². The summed E-state index contributed by atoms with van der Waals surface area (Å²) in [7, 11) is 0. The van der Waals surface area contributed by atoms with Crippen molar-refractivity contribution in [3.05, 3.63) is 152 Å². The van der Waals surface area contributed by atoms with Gasteiger partial charge in [-0.2, -0.15) is 0 Å². The number of hydrogen-bond acceptors (Lipinski definition) is 6. The van der Waals surface area contributed by atoms with Gasteiger partial charge in [-0.25, -0.2) is 15.0 Å². The van der Waals surface area contributed by atoms with E-state index in [9.17, 15) is 0 Å². The molecule has 0 atom stereocenters. The van der Waals surface area contributed by atoms with Gasteiger partial charge in [-0.1, -0.05) is 115 Å². The highest BCUT2D eigenvalue weighted by Gasteiger charge is 2.21. The third-order valence-corrected chi connectivity index (χ3v) is 9.76. The van der Waals surface area contributed by atoms with Gasteiger partial charge in [0.05, 0.1) is 0 Å². The van der Waals surface area contributed by atoms with Gasteiger partial charge < -0.3 is 13.3 Å². The Labute approximate surface area is 290 Å². The minimum Gasteiger partial charge on any atom is -0.456 e. The molecule has 4 aromatic heterocycles. The predicted octanol–water partition coefficient (Wildman–Crippen LogP) is 12.2. The first-order chi connectivity index (χ1) is 25.3. The molecule has 0 fully saturated rings. The molecule has 11 aromatic rings. The largest absolute Gasteiger partial charge is 0.456 e. The van der Waals surface area contributed by atoms with E-state index in [-0.39, 0.29) is 0 Å². The van der Waals surface area contributed by atoms with E-state index < -0.39 is 0 Å². The molecule has 51 heavy (non-hydrogen) atoms. The van der Waals surface area contributed by atoms with Crippen molar-refractivity contribution in [3.8, 4) is 45.3 Å². The van der Waals surface area contributed by atoms with Crippen LogP contribution in [0.3, 0.4) is 0 Å². The summed E-state index contributed by atoms with van der Waals surface area (Å²) in [5.41, 5.74) is 9.48. The first kappa shape index (κ1) is 27.9. The average molecular weight is 656 g/mol. The second-order valence-electron chi connectivity index (χ2n) is 12.7. The van der Waals surface area contributed by atoms with E-state index in [2.05, 4.69) is 60.7 Å². The molecule has 0 aliphatic rings. The Bertz CT molecular complexity index is 3150. The predicted molar refractivity (Wildman–Crippen MR) is 203 cm³/mol. The number of fused-ring (bicyclic) bond motifs is 9. The third kappa shape index (κ3) is 4.26. The van der Waals surface area contributed by atoms with E-state index in [1.54, 1.807) is 0 Å². The zero-order valence-corrected chi connectivity index (χ0v) is 27.0. The second kappa shape index (κ2) is 10.7. The first-order valence-corrected chi connectivity index (χ1v) is 16.9. The van der Waals surface area contributed by atoms with Gasteiger partial charge in [0.25, 0.3) is 0 Å². The van der Waals surface area contributed by atoms with Crippen molar-refractivity contribution in [2.75, 3.05) is 0 Å².